The van der Waals surface area contributed by atoms with Crippen LogP contribution in [0.4, 0.5) is 24.5 Å². The maximum atomic E-state index is 13.9. The van der Waals surface area contributed by atoms with Crippen LogP contribution in [0, 0.1) is 0 Å². The van der Waals surface area contributed by atoms with Gasteiger partial charge in [-0.25, -0.2) is 0 Å². The third kappa shape index (κ3) is 9.94. The van der Waals surface area contributed by atoms with E-state index in [0.717, 1.165) is 23.9 Å². The molecule has 0 saturated carbocycles. The lowest BCUT2D eigenvalue weighted by Gasteiger charge is -2.20. The summed E-state index contributed by atoms with van der Waals surface area (Å²) in [4.78, 5) is 41.4. The molecule has 14 heteroatoms. The Kier molecular flexibility index (Phi) is 12.9. The van der Waals surface area contributed by atoms with E-state index in [1.165, 1.54) is 33.5 Å². The van der Waals surface area contributed by atoms with Crippen LogP contribution in [0.15, 0.2) is 126 Å². The van der Waals surface area contributed by atoms with E-state index >= 15 is 0 Å². The third-order valence-corrected chi connectivity index (χ3v) is 9.28. The first-order valence-electron chi connectivity index (χ1n) is 16.1. The van der Waals surface area contributed by atoms with Gasteiger partial charge in [0.15, 0.2) is 11.5 Å². The van der Waals surface area contributed by atoms with Crippen molar-refractivity contribution in [3.05, 3.63) is 148 Å². The predicted molar refractivity (Wildman–Crippen MR) is 203 cm³/mol. The number of amides is 3. The Labute approximate surface area is 318 Å². The van der Waals surface area contributed by atoms with Gasteiger partial charge in [-0.1, -0.05) is 66.2 Å². The number of halogens is 4. The molecule has 0 aliphatic heterocycles. The fourth-order valence-corrected chi connectivity index (χ4v) is 6.46. The molecule has 0 aromatic heterocycles. The van der Waals surface area contributed by atoms with E-state index < -0.39 is 40.4 Å². The molecule has 0 saturated heterocycles. The zero-order valence-electron chi connectivity index (χ0n) is 29.0. The summed E-state index contributed by atoms with van der Waals surface area (Å²) in [5, 5.41) is 6.75. The van der Waals surface area contributed by atoms with E-state index in [1.54, 1.807) is 97.1 Å². The Bertz CT molecular complexity index is 2170. The van der Waals surface area contributed by atoms with E-state index in [9.17, 15) is 27.6 Å². The summed E-state index contributed by atoms with van der Waals surface area (Å²) in [5.74, 6) is -0.893. The maximum absolute atomic E-state index is 13.9. The standard InChI is InChI=1S/C40H33ClF3N3O6S/c1-51-33-23-35(53-3)34(52-2)20-26(33)19-32(47-37(48)25-13-8-5-9-14-25)38(49)45-28-15-10-16-29(22-28)54-36(24-11-6-4-7-12-24)39(50)46-31-18-17-27(41)21-30(31)40(42,43)44/h4-23,36H,1-3H3,(H,45,49)(H,46,50)(H,47,48)/b32-19+. The first-order valence-corrected chi connectivity index (χ1v) is 17.3. The van der Waals surface area contributed by atoms with Crippen LogP contribution < -0.4 is 30.2 Å². The van der Waals surface area contributed by atoms with Crippen LogP contribution in [-0.2, 0) is 15.8 Å². The number of carbonyl (C=O) groups is 3. The minimum atomic E-state index is -4.77. The molecule has 0 aliphatic carbocycles. The molecule has 0 fully saturated rings. The van der Waals surface area contributed by atoms with Crippen molar-refractivity contribution in [3.8, 4) is 17.2 Å². The van der Waals surface area contributed by atoms with Gasteiger partial charge in [0.05, 0.1) is 32.6 Å². The van der Waals surface area contributed by atoms with Crippen LogP contribution in [0.2, 0.25) is 5.02 Å². The zero-order valence-corrected chi connectivity index (χ0v) is 30.6. The highest BCUT2D eigenvalue weighted by atomic mass is 35.5. The first kappa shape index (κ1) is 39.3. The van der Waals surface area contributed by atoms with Gasteiger partial charge in [0.1, 0.15) is 16.7 Å². The second-order valence-corrected chi connectivity index (χ2v) is 13.0. The SMILES string of the molecule is COc1cc(OC)c(OC)cc1/C=C(/NC(=O)c1ccccc1)C(=O)Nc1cccc(SC(C(=O)Nc2ccc(Cl)cc2C(F)(F)F)c2ccccc2)c1. The van der Waals surface area contributed by atoms with Gasteiger partial charge >= 0.3 is 6.18 Å². The smallest absolute Gasteiger partial charge is 0.418 e. The molecule has 278 valence electrons. The van der Waals surface area contributed by atoms with E-state index in [2.05, 4.69) is 16.0 Å². The minimum Gasteiger partial charge on any atom is -0.496 e. The number of thioether (sulfide) groups is 1. The van der Waals surface area contributed by atoms with Crippen LogP contribution in [-0.4, -0.2) is 39.1 Å². The molecule has 54 heavy (non-hydrogen) atoms. The predicted octanol–water partition coefficient (Wildman–Crippen LogP) is 9.27. The summed E-state index contributed by atoms with van der Waals surface area (Å²) in [6.45, 7) is 0. The van der Waals surface area contributed by atoms with Crippen LogP contribution in [0.5, 0.6) is 17.2 Å². The van der Waals surface area contributed by atoms with Gasteiger partial charge in [-0.2, -0.15) is 13.2 Å². The molecule has 3 N–H and O–H groups in total. The highest BCUT2D eigenvalue weighted by Gasteiger charge is 2.35. The Morgan fingerprint density at radius 2 is 1.39 bits per heavy atom. The average Bonchev–Trinajstić information content (AvgIpc) is 3.17. The molecule has 0 aliphatic rings. The molecule has 0 heterocycles. The third-order valence-electron chi connectivity index (χ3n) is 7.80. The molecule has 0 radical (unpaired) electrons. The second-order valence-electron chi connectivity index (χ2n) is 11.4. The summed E-state index contributed by atoms with van der Waals surface area (Å²) >= 11 is 6.90. The summed E-state index contributed by atoms with van der Waals surface area (Å²) in [5.41, 5.74) is -0.147. The lowest BCUT2D eigenvalue weighted by molar-refractivity contribution is -0.137. The molecule has 1 unspecified atom stereocenters. The zero-order chi connectivity index (χ0) is 38.8. The molecule has 9 nitrogen and oxygen atoms in total. The molecule has 5 aromatic carbocycles. The fourth-order valence-electron chi connectivity index (χ4n) is 5.20. The van der Waals surface area contributed by atoms with E-state index in [4.69, 9.17) is 25.8 Å². The lowest BCUT2D eigenvalue weighted by atomic mass is 10.1. The number of hydrogen-bond acceptors (Lipinski definition) is 7. The lowest BCUT2D eigenvalue weighted by Crippen LogP contribution is -2.30. The quantitative estimate of drug-likeness (QED) is 0.0807. The fraction of sp³-hybridized carbons (Fsp3) is 0.125. The molecular formula is C40H33ClF3N3O6S. The number of nitrogens with one attached hydrogen (secondary N) is 3. The Hall–Kier alpha value is -5.92. The maximum Gasteiger partial charge on any atom is 0.418 e. The molecule has 5 aromatic rings. The van der Waals surface area contributed by atoms with Gasteiger partial charge in [-0.15, -0.1) is 11.8 Å². The van der Waals surface area contributed by atoms with Crippen molar-refractivity contribution in [2.45, 2.75) is 16.3 Å². The molecule has 0 spiro atoms. The van der Waals surface area contributed by atoms with Crippen molar-refractivity contribution in [3.63, 3.8) is 0 Å². The van der Waals surface area contributed by atoms with Crippen LogP contribution in [0.3, 0.4) is 0 Å². The number of alkyl halides is 3. The van der Waals surface area contributed by atoms with Crippen molar-refractivity contribution >= 4 is 58.5 Å². The molecular weight excluding hydrogens is 743 g/mol. The van der Waals surface area contributed by atoms with E-state index in [-0.39, 0.29) is 10.7 Å². The summed E-state index contributed by atoms with van der Waals surface area (Å²) in [6, 6.07) is 29.7. The van der Waals surface area contributed by atoms with Crippen molar-refractivity contribution in [2.24, 2.45) is 0 Å². The molecule has 3 amide bonds. The van der Waals surface area contributed by atoms with Crippen molar-refractivity contribution in [1.29, 1.82) is 0 Å². The van der Waals surface area contributed by atoms with Crippen LogP contribution >= 0.6 is 23.4 Å². The van der Waals surface area contributed by atoms with Crippen molar-refractivity contribution in [1.82, 2.24) is 5.32 Å². The highest BCUT2D eigenvalue weighted by molar-refractivity contribution is 8.00. The minimum absolute atomic E-state index is 0.131. The number of hydrogen-bond donors (Lipinski definition) is 3. The van der Waals surface area contributed by atoms with Gasteiger partial charge in [0, 0.05) is 32.8 Å². The topological polar surface area (TPSA) is 115 Å². The molecule has 5 rings (SSSR count). The van der Waals surface area contributed by atoms with E-state index in [1.807, 2.05) is 0 Å². The number of ether oxygens (including phenoxy) is 3. The Morgan fingerprint density at radius 3 is 2.04 bits per heavy atom. The van der Waals surface area contributed by atoms with Crippen molar-refractivity contribution < 1.29 is 41.8 Å². The normalized spacial score (nSPS) is 11.9. The van der Waals surface area contributed by atoms with Gasteiger partial charge in [-0.3, -0.25) is 14.4 Å². The number of methoxy groups -OCH3 is 3. The number of benzene rings is 5. The molecule has 1 atom stereocenters. The van der Waals surface area contributed by atoms with Crippen molar-refractivity contribution in [2.75, 3.05) is 32.0 Å². The largest absolute Gasteiger partial charge is 0.496 e. The highest BCUT2D eigenvalue weighted by Crippen LogP contribution is 2.40. The Morgan fingerprint density at radius 1 is 0.741 bits per heavy atom. The van der Waals surface area contributed by atoms with Gasteiger partial charge in [0.2, 0.25) is 5.91 Å². The van der Waals surface area contributed by atoms with Gasteiger partial charge < -0.3 is 30.2 Å². The van der Waals surface area contributed by atoms with Crippen LogP contribution in [0.1, 0.15) is 32.3 Å². The average molecular weight is 776 g/mol. The van der Waals surface area contributed by atoms with Gasteiger partial charge in [-0.05, 0) is 66.2 Å². The summed E-state index contributed by atoms with van der Waals surface area (Å²) in [7, 11) is 4.37. The molecule has 0 bridgehead atoms. The monoisotopic (exact) mass is 775 g/mol. The first-order chi connectivity index (χ1) is 25.9. The number of carbonyl (C=O) groups excluding carboxylic acids is 3. The summed E-state index contributed by atoms with van der Waals surface area (Å²) in [6.07, 6.45) is -3.34. The van der Waals surface area contributed by atoms with E-state index in [0.29, 0.717) is 44.5 Å². The van der Waals surface area contributed by atoms with Crippen LogP contribution in [0.25, 0.3) is 6.08 Å². The second kappa shape index (κ2) is 17.7. The number of rotatable bonds is 13. The Balaban J connectivity index is 1.45. The van der Waals surface area contributed by atoms with Gasteiger partial charge in [0.25, 0.3) is 11.8 Å². The summed E-state index contributed by atoms with van der Waals surface area (Å²) < 4.78 is 57.9. The number of anilines is 2.